The van der Waals surface area contributed by atoms with Gasteiger partial charge in [-0.05, 0) is 104 Å². The summed E-state index contributed by atoms with van der Waals surface area (Å²) in [5, 5.41) is 21.7. The Morgan fingerprint density at radius 3 is 1.41 bits per heavy atom. The molecule has 4 atom stereocenters. The summed E-state index contributed by atoms with van der Waals surface area (Å²) in [7, 11) is 3.28. The molecule has 10 rings (SSSR count). The maximum absolute atomic E-state index is 13.9. The zero-order valence-corrected chi connectivity index (χ0v) is 53.5. The number of hydrogen-bond acceptors (Lipinski definition) is 14. The number of ether oxygens (including phenoxy) is 4. The maximum Gasteiger partial charge on any atom is 0.272 e. The SMILES string of the molecule is COc1cccc(OCc2ccccc2)c1-c1cc(C(=O)N[C@H](CC(=O)NCc2ncco2)CC(C)C)nn1C1CCCC(C)C1.COc1cccc(OCc2ccccc2)c1-c1cc(C(=O)N[C@H](CC(=O)NCc2ncco2)CC(C)C)nn1C1CCCCC1. The van der Waals surface area contributed by atoms with Crippen LogP contribution in [0.15, 0.2) is 143 Å². The molecule has 2 aliphatic carbocycles. The van der Waals surface area contributed by atoms with Crippen LogP contribution in [0.3, 0.4) is 0 Å². The van der Waals surface area contributed by atoms with E-state index in [1.807, 2.05) is 119 Å². The van der Waals surface area contributed by atoms with Crippen LogP contribution in [0.5, 0.6) is 23.0 Å². The summed E-state index contributed by atoms with van der Waals surface area (Å²) in [6.45, 7) is 11.7. The number of carbonyl (C=O) groups is 4. The second-order valence-corrected chi connectivity index (χ2v) is 24.6. The number of oxazole rings is 2. The van der Waals surface area contributed by atoms with E-state index in [0.717, 1.165) is 78.6 Å². The van der Waals surface area contributed by atoms with Crippen LogP contribution in [0.1, 0.15) is 174 Å². The average molecular weight is 1240 g/mol. The third kappa shape index (κ3) is 18.9. The lowest BCUT2D eigenvalue weighted by molar-refractivity contribution is -0.122. The fourth-order valence-electron chi connectivity index (χ4n) is 12.1. The van der Waals surface area contributed by atoms with Crippen molar-refractivity contribution in [3.8, 4) is 45.5 Å². The van der Waals surface area contributed by atoms with Gasteiger partial charge in [-0.15, -0.1) is 0 Å². The Balaban J connectivity index is 0.000000215. The van der Waals surface area contributed by atoms with Crippen LogP contribution in [0.25, 0.3) is 22.5 Å². The second-order valence-electron chi connectivity index (χ2n) is 24.6. The van der Waals surface area contributed by atoms with Gasteiger partial charge in [0.25, 0.3) is 11.8 Å². The third-order valence-corrected chi connectivity index (χ3v) is 16.4. The van der Waals surface area contributed by atoms with Gasteiger partial charge in [0.05, 0.1) is 74.3 Å². The normalized spacial score (nSPS) is 15.6. The number of amides is 4. The highest BCUT2D eigenvalue weighted by molar-refractivity contribution is 5.95. The lowest BCUT2D eigenvalue weighted by Gasteiger charge is -2.29. The predicted molar refractivity (Wildman–Crippen MR) is 346 cm³/mol. The first-order valence-electron chi connectivity index (χ1n) is 32.0. The van der Waals surface area contributed by atoms with Crippen molar-refractivity contribution >= 4 is 23.6 Å². The van der Waals surface area contributed by atoms with Crippen LogP contribution in [0.4, 0.5) is 0 Å². The maximum atomic E-state index is 13.9. The van der Waals surface area contributed by atoms with Crippen LogP contribution in [0.2, 0.25) is 0 Å². The molecule has 2 saturated carbocycles. The van der Waals surface area contributed by atoms with Crippen LogP contribution in [-0.4, -0.2) is 79.5 Å². The van der Waals surface area contributed by atoms with E-state index >= 15 is 0 Å². The first-order valence-corrected chi connectivity index (χ1v) is 32.0. The van der Waals surface area contributed by atoms with Crippen molar-refractivity contribution in [3.63, 3.8) is 0 Å². The molecular formula is C71H88N10O10. The molecule has 2 aliphatic rings. The molecule has 4 amide bonds. The first kappa shape index (κ1) is 66.2. The van der Waals surface area contributed by atoms with Gasteiger partial charge in [-0.25, -0.2) is 9.97 Å². The summed E-state index contributed by atoms with van der Waals surface area (Å²) >= 11 is 0. The molecule has 482 valence electrons. The molecule has 20 heteroatoms. The van der Waals surface area contributed by atoms with Crippen molar-refractivity contribution < 1.29 is 47.0 Å². The summed E-state index contributed by atoms with van der Waals surface area (Å²) < 4.78 is 38.8. The zero-order valence-electron chi connectivity index (χ0n) is 53.5. The summed E-state index contributed by atoms with van der Waals surface area (Å²) in [6.07, 6.45) is 17.1. The minimum absolute atomic E-state index is 0.125. The van der Waals surface area contributed by atoms with Crippen molar-refractivity contribution in [2.45, 2.75) is 169 Å². The van der Waals surface area contributed by atoms with Gasteiger partial charge in [-0.1, -0.05) is 140 Å². The Bertz CT molecular complexity index is 3560. The van der Waals surface area contributed by atoms with E-state index in [4.69, 9.17) is 38.0 Å². The fourth-order valence-corrected chi connectivity index (χ4v) is 12.1. The average Bonchev–Trinajstić information content (AvgIpc) is 1.83. The summed E-state index contributed by atoms with van der Waals surface area (Å²) in [6, 6.07) is 34.6. The van der Waals surface area contributed by atoms with Crippen molar-refractivity contribution in [2.24, 2.45) is 17.8 Å². The van der Waals surface area contributed by atoms with E-state index in [9.17, 15) is 19.2 Å². The number of nitrogens with zero attached hydrogens (tertiary/aromatic N) is 6. The van der Waals surface area contributed by atoms with Gasteiger partial charge in [0.2, 0.25) is 23.6 Å². The van der Waals surface area contributed by atoms with Gasteiger partial charge in [-0.3, -0.25) is 28.5 Å². The van der Waals surface area contributed by atoms with E-state index in [0.29, 0.717) is 78.1 Å². The molecule has 0 saturated heterocycles. The van der Waals surface area contributed by atoms with Gasteiger partial charge in [-0.2, -0.15) is 10.2 Å². The summed E-state index contributed by atoms with van der Waals surface area (Å²) in [4.78, 5) is 61.3. The quantitative estimate of drug-likeness (QED) is 0.0357. The van der Waals surface area contributed by atoms with Gasteiger partial charge in [0.1, 0.15) is 48.7 Å². The number of carbonyl (C=O) groups excluding carboxylic acids is 4. The van der Waals surface area contributed by atoms with Crippen molar-refractivity contribution in [2.75, 3.05) is 14.2 Å². The molecule has 4 heterocycles. The molecule has 0 spiro atoms. The minimum atomic E-state index is -0.378. The summed E-state index contributed by atoms with van der Waals surface area (Å²) in [5.74, 6) is 3.50. The molecule has 4 N–H and O–H groups in total. The smallest absolute Gasteiger partial charge is 0.272 e. The molecule has 2 fully saturated rings. The second kappa shape index (κ2) is 33.0. The van der Waals surface area contributed by atoms with Crippen molar-refractivity contribution in [3.05, 3.63) is 168 Å². The van der Waals surface area contributed by atoms with Crippen LogP contribution in [0, 0.1) is 17.8 Å². The number of rotatable bonds is 28. The number of hydrogen-bond donors (Lipinski definition) is 4. The predicted octanol–water partition coefficient (Wildman–Crippen LogP) is 13.2. The van der Waals surface area contributed by atoms with Crippen molar-refractivity contribution in [1.29, 1.82) is 0 Å². The molecule has 0 aliphatic heterocycles. The lowest BCUT2D eigenvalue weighted by atomic mass is 9.87. The molecule has 2 unspecified atom stereocenters. The number of aromatic nitrogens is 6. The molecule has 4 aromatic heterocycles. The van der Waals surface area contributed by atoms with Crippen LogP contribution in [-0.2, 0) is 35.9 Å². The fraction of sp³-hybridized carbons (Fsp3) is 0.437. The Morgan fingerprint density at radius 2 is 0.989 bits per heavy atom. The first-order chi connectivity index (χ1) is 44.2. The van der Waals surface area contributed by atoms with Gasteiger partial charge < -0.3 is 49.0 Å². The number of benzene rings is 4. The van der Waals surface area contributed by atoms with E-state index in [1.165, 1.54) is 37.8 Å². The third-order valence-electron chi connectivity index (χ3n) is 16.4. The zero-order chi connectivity index (χ0) is 64.1. The molecule has 8 aromatic rings. The van der Waals surface area contributed by atoms with Crippen LogP contribution >= 0.6 is 0 Å². The monoisotopic (exact) mass is 1240 g/mol. The van der Waals surface area contributed by atoms with E-state index in [-0.39, 0.29) is 85.6 Å². The topological polar surface area (TPSA) is 241 Å². The number of nitrogens with one attached hydrogen (secondary N) is 4. The van der Waals surface area contributed by atoms with Crippen LogP contribution < -0.4 is 40.2 Å². The lowest BCUT2D eigenvalue weighted by Crippen LogP contribution is -2.40. The standard InChI is InChI=1S/C36H45N5O5.C35H43N5O5/c1-24(2)18-27(20-33(42)38-22-34-37-16-17-45-34)39-36(43)29-21-30(41(40-29)28-13-8-10-25(3)19-28)35-31(44-4)14-9-15-32(35)46-23-26-11-6-5-7-12-26;1-24(2)19-26(20-32(41)37-22-33-36-17-18-44-33)38-35(42)28-21-29(40(39-28)27-13-8-5-9-14-27)34-30(43-3)15-10-16-31(34)45-23-25-11-6-4-7-12-25/h5-7,9,11-12,14-17,21,24-25,27-28H,8,10,13,18-20,22-23H2,1-4H3,(H,38,42)(H,39,43);4,6-7,10-12,15-18,21,24,26-27H,5,8-9,13-14,19-20,22-23H2,1-3H3,(H,37,41)(H,38,42)/t25?,27-,28?;26-/m00/s1. The van der Waals surface area contributed by atoms with Crippen molar-refractivity contribution in [1.82, 2.24) is 50.8 Å². The van der Waals surface area contributed by atoms with Gasteiger partial charge in [0, 0.05) is 24.9 Å². The van der Waals surface area contributed by atoms with E-state index in [2.05, 4.69) is 65.9 Å². The molecule has 4 aromatic carbocycles. The summed E-state index contributed by atoms with van der Waals surface area (Å²) in [5.41, 5.74) is 5.75. The van der Waals surface area contributed by atoms with Gasteiger partial charge in [0.15, 0.2) is 11.4 Å². The highest BCUT2D eigenvalue weighted by Gasteiger charge is 2.31. The number of methoxy groups -OCH3 is 2. The molecular weight excluding hydrogens is 1150 g/mol. The van der Waals surface area contributed by atoms with E-state index in [1.54, 1.807) is 14.2 Å². The minimum Gasteiger partial charge on any atom is -0.496 e. The molecule has 91 heavy (non-hydrogen) atoms. The highest BCUT2D eigenvalue weighted by atomic mass is 16.5. The molecule has 20 nitrogen and oxygen atoms in total. The Labute approximate surface area is 533 Å². The van der Waals surface area contributed by atoms with E-state index < -0.39 is 0 Å². The molecule has 0 bridgehead atoms. The Hall–Kier alpha value is -9.20. The highest BCUT2D eigenvalue weighted by Crippen LogP contribution is 2.44. The van der Waals surface area contributed by atoms with Gasteiger partial charge >= 0.3 is 0 Å². The Morgan fingerprint density at radius 1 is 0.549 bits per heavy atom. The molecule has 0 radical (unpaired) electrons. The Kier molecular flexibility index (Phi) is 24.0. The largest absolute Gasteiger partial charge is 0.496 e.